The van der Waals surface area contributed by atoms with Crippen molar-refractivity contribution in [3.05, 3.63) is 41.5 Å². The molecule has 0 fully saturated rings. The van der Waals surface area contributed by atoms with Crippen LogP contribution in [0.2, 0.25) is 0 Å². The van der Waals surface area contributed by atoms with Gasteiger partial charge < -0.3 is 14.4 Å². The molecular formula is C16H20N2O3. The van der Waals surface area contributed by atoms with E-state index in [4.69, 9.17) is 9.26 Å². The Balaban J connectivity index is 1.71. The summed E-state index contributed by atoms with van der Waals surface area (Å²) in [7, 11) is 0. The molecule has 3 rings (SSSR count). The molecular weight excluding hydrogens is 268 g/mol. The van der Waals surface area contributed by atoms with Crippen LogP contribution in [-0.4, -0.2) is 28.0 Å². The third-order valence-corrected chi connectivity index (χ3v) is 3.65. The van der Waals surface area contributed by atoms with Crippen molar-refractivity contribution in [3.8, 4) is 5.75 Å². The number of hydrogen-bond donors (Lipinski definition) is 1. The van der Waals surface area contributed by atoms with Crippen LogP contribution >= 0.6 is 0 Å². The molecule has 0 saturated carbocycles. The second-order valence-electron chi connectivity index (χ2n) is 5.94. The molecule has 2 aromatic rings. The van der Waals surface area contributed by atoms with Crippen LogP contribution in [0.5, 0.6) is 5.75 Å². The maximum Gasteiger partial charge on any atom is 0.229 e. The number of aliphatic hydroxyl groups excluding tert-OH is 1. The standard InChI is InChI=1S/C16H20N2O3/c1-10(2)7-11(19)8-15-17-16(18-21-15)13-9-20-14-6-4-3-5-12(13)14/h3-6,10-11,13,19H,7-9H2,1-2H3. The molecule has 1 N–H and O–H groups in total. The van der Waals surface area contributed by atoms with Crippen molar-refractivity contribution in [2.24, 2.45) is 5.92 Å². The molecule has 0 spiro atoms. The average Bonchev–Trinajstić information content (AvgIpc) is 3.03. The molecule has 1 aliphatic heterocycles. The monoisotopic (exact) mass is 288 g/mol. The minimum Gasteiger partial charge on any atom is -0.492 e. The number of para-hydroxylation sites is 1. The van der Waals surface area contributed by atoms with Crippen molar-refractivity contribution in [2.45, 2.75) is 38.7 Å². The Morgan fingerprint density at radius 1 is 1.33 bits per heavy atom. The first-order valence-electron chi connectivity index (χ1n) is 7.35. The van der Waals surface area contributed by atoms with Gasteiger partial charge in [-0.1, -0.05) is 37.2 Å². The molecule has 5 heteroatoms. The SMILES string of the molecule is CC(C)CC(O)Cc1nc(C2COc3ccccc32)no1. The van der Waals surface area contributed by atoms with Gasteiger partial charge in [-0.15, -0.1) is 0 Å². The lowest BCUT2D eigenvalue weighted by Gasteiger charge is -2.09. The number of nitrogens with zero attached hydrogens (tertiary/aromatic N) is 2. The molecule has 1 aliphatic rings. The van der Waals surface area contributed by atoms with Crippen LogP contribution in [0.25, 0.3) is 0 Å². The topological polar surface area (TPSA) is 68.4 Å². The maximum atomic E-state index is 9.95. The van der Waals surface area contributed by atoms with E-state index in [0.717, 1.165) is 17.7 Å². The van der Waals surface area contributed by atoms with E-state index in [9.17, 15) is 5.11 Å². The van der Waals surface area contributed by atoms with Gasteiger partial charge in [0.25, 0.3) is 0 Å². The Kier molecular flexibility index (Phi) is 3.92. The highest BCUT2D eigenvalue weighted by Crippen LogP contribution is 2.36. The molecule has 21 heavy (non-hydrogen) atoms. The Labute approximate surface area is 123 Å². The van der Waals surface area contributed by atoms with Crippen molar-refractivity contribution in [3.63, 3.8) is 0 Å². The first kappa shape index (κ1) is 14.1. The normalized spacial score (nSPS) is 18.6. The summed E-state index contributed by atoms with van der Waals surface area (Å²) in [5, 5.41) is 14.0. The zero-order chi connectivity index (χ0) is 14.8. The van der Waals surface area contributed by atoms with E-state index >= 15 is 0 Å². The van der Waals surface area contributed by atoms with Gasteiger partial charge in [0.2, 0.25) is 5.89 Å². The lowest BCUT2D eigenvalue weighted by Crippen LogP contribution is -2.13. The Morgan fingerprint density at radius 3 is 2.95 bits per heavy atom. The predicted molar refractivity (Wildman–Crippen MR) is 77.2 cm³/mol. The molecule has 1 aromatic heterocycles. The Hall–Kier alpha value is -1.88. The molecule has 1 aromatic carbocycles. The summed E-state index contributed by atoms with van der Waals surface area (Å²) < 4.78 is 10.9. The van der Waals surface area contributed by atoms with Gasteiger partial charge in [0.1, 0.15) is 12.4 Å². The van der Waals surface area contributed by atoms with Gasteiger partial charge >= 0.3 is 0 Å². The second-order valence-corrected chi connectivity index (χ2v) is 5.94. The third-order valence-electron chi connectivity index (χ3n) is 3.65. The van der Waals surface area contributed by atoms with Crippen molar-refractivity contribution in [2.75, 3.05) is 6.61 Å². The quantitative estimate of drug-likeness (QED) is 0.915. The van der Waals surface area contributed by atoms with Crippen LogP contribution < -0.4 is 4.74 Å². The fourth-order valence-corrected chi connectivity index (χ4v) is 2.70. The van der Waals surface area contributed by atoms with Crippen molar-refractivity contribution < 1.29 is 14.4 Å². The second kappa shape index (κ2) is 5.85. The van der Waals surface area contributed by atoms with E-state index in [2.05, 4.69) is 24.0 Å². The zero-order valence-corrected chi connectivity index (χ0v) is 12.3. The molecule has 112 valence electrons. The van der Waals surface area contributed by atoms with Gasteiger partial charge in [-0.3, -0.25) is 0 Å². The minimum atomic E-state index is -0.439. The van der Waals surface area contributed by atoms with Crippen molar-refractivity contribution in [1.29, 1.82) is 0 Å². The molecule has 2 atom stereocenters. The fraction of sp³-hybridized carbons (Fsp3) is 0.500. The minimum absolute atomic E-state index is 0.0148. The molecule has 0 radical (unpaired) electrons. The van der Waals surface area contributed by atoms with Crippen LogP contribution in [0, 0.1) is 5.92 Å². The Bertz CT molecular complexity index is 609. The van der Waals surface area contributed by atoms with E-state index in [1.807, 2.05) is 24.3 Å². The molecule has 2 unspecified atom stereocenters. The number of ether oxygens (including phenoxy) is 1. The van der Waals surface area contributed by atoms with Crippen LogP contribution in [-0.2, 0) is 6.42 Å². The van der Waals surface area contributed by atoms with Crippen LogP contribution in [0.1, 0.15) is 43.5 Å². The highest BCUT2D eigenvalue weighted by Gasteiger charge is 2.29. The summed E-state index contributed by atoms with van der Waals surface area (Å²) in [5.74, 6) is 2.46. The lowest BCUT2D eigenvalue weighted by atomic mass is 10.0. The van der Waals surface area contributed by atoms with Gasteiger partial charge in [0, 0.05) is 5.56 Å². The van der Waals surface area contributed by atoms with E-state index in [-0.39, 0.29) is 5.92 Å². The first-order chi connectivity index (χ1) is 10.1. The smallest absolute Gasteiger partial charge is 0.229 e. The van der Waals surface area contributed by atoms with E-state index < -0.39 is 6.10 Å². The van der Waals surface area contributed by atoms with Gasteiger partial charge in [-0.2, -0.15) is 4.98 Å². The summed E-state index contributed by atoms with van der Waals surface area (Å²) in [6, 6.07) is 7.90. The highest BCUT2D eigenvalue weighted by molar-refractivity contribution is 5.42. The molecule has 0 aliphatic carbocycles. The van der Waals surface area contributed by atoms with Crippen molar-refractivity contribution in [1.82, 2.24) is 10.1 Å². The zero-order valence-electron chi connectivity index (χ0n) is 12.3. The molecule has 0 bridgehead atoms. The largest absolute Gasteiger partial charge is 0.492 e. The molecule has 2 heterocycles. The number of benzene rings is 1. The fourth-order valence-electron chi connectivity index (χ4n) is 2.70. The summed E-state index contributed by atoms with van der Waals surface area (Å²) in [6.45, 7) is 4.69. The van der Waals surface area contributed by atoms with Gasteiger partial charge in [-0.05, 0) is 18.4 Å². The van der Waals surface area contributed by atoms with Crippen molar-refractivity contribution >= 4 is 0 Å². The lowest BCUT2D eigenvalue weighted by molar-refractivity contribution is 0.138. The molecule has 0 saturated heterocycles. The van der Waals surface area contributed by atoms with Gasteiger partial charge in [-0.25, -0.2) is 0 Å². The summed E-state index contributed by atoms with van der Waals surface area (Å²) in [6.07, 6.45) is 0.693. The number of fused-ring (bicyclic) bond motifs is 1. The van der Waals surface area contributed by atoms with Crippen LogP contribution in [0.4, 0.5) is 0 Å². The number of aromatic nitrogens is 2. The predicted octanol–water partition coefficient (Wildman–Crippen LogP) is 2.54. The van der Waals surface area contributed by atoms with Gasteiger partial charge in [0.15, 0.2) is 5.82 Å². The van der Waals surface area contributed by atoms with E-state index in [0.29, 0.717) is 30.7 Å². The van der Waals surface area contributed by atoms with Gasteiger partial charge in [0.05, 0.1) is 18.4 Å². The maximum absolute atomic E-state index is 9.95. The summed E-state index contributed by atoms with van der Waals surface area (Å²) in [4.78, 5) is 4.42. The van der Waals surface area contributed by atoms with E-state index in [1.165, 1.54) is 0 Å². The van der Waals surface area contributed by atoms with E-state index in [1.54, 1.807) is 0 Å². The summed E-state index contributed by atoms with van der Waals surface area (Å²) >= 11 is 0. The van der Waals surface area contributed by atoms with Crippen LogP contribution in [0.15, 0.2) is 28.8 Å². The molecule has 5 nitrogen and oxygen atoms in total. The Morgan fingerprint density at radius 2 is 2.14 bits per heavy atom. The number of aliphatic hydroxyl groups is 1. The number of rotatable bonds is 5. The third kappa shape index (κ3) is 3.08. The molecule has 0 amide bonds. The summed E-state index contributed by atoms with van der Waals surface area (Å²) in [5.41, 5.74) is 1.09. The number of hydrogen-bond acceptors (Lipinski definition) is 5. The van der Waals surface area contributed by atoms with Crippen LogP contribution in [0.3, 0.4) is 0 Å². The highest BCUT2D eigenvalue weighted by atomic mass is 16.5. The average molecular weight is 288 g/mol. The first-order valence-corrected chi connectivity index (χ1v) is 7.35.